The van der Waals surface area contributed by atoms with Crippen LogP contribution in [0.3, 0.4) is 0 Å². The largest absolute Gasteiger partial charge is 0.478 e. The summed E-state index contributed by atoms with van der Waals surface area (Å²) in [6.45, 7) is 0. The summed E-state index contributed by atoms with van der Waals surface area (Å²) in [5, 5.41) is 11.8. The topological polar surface area (TPSA) is 97.2 Å². The molecule has 0 aliphatic rings. The number of hydrogen-bond donors (Lipinski definition) is 2. The highest BCUT2D eigenvalue weighted by Crippen LogP contribution is 2.23. The third-order valence-corrected chi connectivity index (χ3v) is 2.71. The molecule has 0 amide bonds. The number of ether oxygens (including phenoxy) is 1. The Hall–Kier alpha value is -2.12. The van der Waals surface area contributed by atoms with E-state index in [1.54, 1.807) is 0 Å². The van der Waals surface area contributed by atoms with Crippen LogP contribution in [0.5, 0.6) is 6.01 Å². The molecule has 0 fully saturated rings. The van der Waals surface area contributed by atoms with E-state index in [2.05, 4.69) is 20.3 Å². The number of carboxylic acid groups (broad SMARTS) is 1. The maximum Gasteiger partial charge on any atom is 0.337 e. The second-order valence-electron chi connectivity index (χ2n) is 3.54. The molecule has 2 N–H and O–H groups in total. The van der Waals surface area contributed by atoms with Crippen LogP contribution in [0.25, 0.3) is 0 Å². The third-order valence-electron chi connectivity index (χ3n) is 2.23. The molecule has 0 unspecified atom stereocenters. The summed E-state index contributed by atoms with van der Waals surface area (Å²) in [5.41, 5.74) is 0.507. The molecule has 1 aromatic carbocycles. The molecule has 104 valence electrons. The lowest BCUT2D eigenvalue weighted by atomic mass is 10.2. The van der Waals surface area contributed by atoms with Crippen LogP contribution in [0.1, 0.15) is 10.4 Å². The standard InChI is InChI=1S/C11H8Cl2N4O3/c1-20-11-16-9(13)15-10(17-11)14-5-2-3-6(8(18)19)7(12)4-5/h2-4H,1H3,(H,18,19)(H,14,15,16,17). The lowest BCUT2D eigenvalue weighted by Gasteiger charge is -2.07. The van der Waals surface area contributed by atoms with Gasteiger partial charge in [0.2, 0.25) is 11.2 Å². The summed E-state index contributed by atoms with van der Waals surface area (Å²) < 4.78 is 4.86. The molecule has 2 rings (SSSR count). The number of hydrogen-bond acceptors (Lipinski definition) is 6. The Morgan fingerprint density at radius 2 is 2.05 bits per heavy atom. The van der Waals surface area contributed by atoms with Gasteiger partial charge in [0.1, 0.15) is 0 Å². The van der Waals surface area contributed by atoms with Crippen LogP contribution in [0.2, 0.25) is 10.3 Å². The summed E-state index contributed by atoms with van der Waals surface area (Å²) in [4.78, 5) is 22.4. The van der Waals surface area contributed by atoms with E-state index in [0.29, 0.717) is 5.69 Å². The number of nitrogens with one attached hydrogen (secondary N) is 1. The maximum absolute atomic E-state index is 10.8. The van der Waals surface area contributed by atoms with Crippen molar-refractivity contribution in [1.82, 2.24) is 15.0 Å². The van der Waals surface area contributed by atoms with Crippen LogP contribution < -0.4 is 10.1 Å². The highest BCUT2D eigenvalue weighted by molar-refractivity contribution is 6.33. The summed E-state index contributed by atoms with van der Waals surface area (Å²) in [6.07, 6.45) is 0. The van der Waals surface area contributed by atoms with Gasteiger partial charge in [0.25, 0.3) is 0 Å². The molecule has 1 heterocycles. The third kappa shape index (κ3) is 3.25. The first-order valence-corrected chi connectivity index (χ1v) is 6.00. The lowest BCUT2D eigenvalue weighted by Crippen LogP contribution is -2.03. The van der Waals surface area contributed by atoms with Crippen molar-refractivity contribution in [3.63, 3.8) is 0 Å². The average molecular weight is 315 g/mol. The van der Waals surface area contributed by atoms with Gasteiger partial charge in [0, 0.05) is 5.69 Å². The van der Waals surface area contributed by atoms with Gasteiger partial charge in [-0.05, 0) is 29.8 Å². The van der Waals surface area contributed by atoms with E-state index in [0.717, 1.165) is 0 Å². The smallest absolute Gasteiger partial charge is 0.337 e. The van der Waals surface area contributed by atoms with Gasteiger partial charge in [0.15, 0.2) is 0 Å². The zero-order chi connectivity index (χ0) is 14.7. The molecule has 0 atom stereocenters. The van der Waals surface area contributed by atoms with Gasteiger partial charge in [-0.3, -0.25) is 0 Å². The van der Waals surface area contributed by atoms with Crippen molar-refractivity contribution in [2.24, 2.45) is 0 Å². The van der Waals surface area contributed by atoms with Crippen molar-refractivity contribution >= 4 is 40.8 Å². The predicted octanol–water partition coefficient (Wildman–Crippen LogP) is 2.63. The molecular formula is C11H8Cl2N4O3. The van der Waals surface area contributed by atoms with Crippen molar-refractivity contribution in [3.8, 4) is 6.01 Å². The van der Waals surface area contributed by atoms with Crippen LogP contribution in [0, 0.1) is 0 Å². The number of anilines is 2. The van der Waals surface area contributed by atoms with Gasteiger partial charge in [0.05, 0.1) is 17.7 Å². The Kier molecular flexibility index (Phi) is 4.21. The molecule has 0 aliphatic heterocycles. The highest BCUT2D eigenvalue weighted by Gasteiger charge is 2.10. The average Bonchev–Trinajstić information content (AvgIpc) is 2.37. The highest BCUT2D eigenvalue weighted by atomic mass is 35.5. The molecule has 7 nitrogen and oxygen atoms in total. The summed E-state index contributed by atoms with van der Waals surface area (Å²) in [6, 6.07) is 4.39. The molecule has 0 aliphatic carbocycles. The first-order chi connectivity index (χ1) is 9.49. The molecular weight excluding hydrogens is 307 g/mol. The Morgan fingerprint density at radius 3 is 2.65 bits per heavy atom. The number of nitrogens with zero attached hydrogens (tertiary/aromatic N) is 3. The maximum atomic E-state index is 10.8. The molecule has 0 saturated carbocycles. The minimum Gasteiger partial charge on any atom is -0.478 e. The normalized spacial score (nSPS) is 10.2. The number of halogens is 2. The van der Waals surface area contributed by atoms with Crippen LogP contribution in [0.15, 0.2) is 18.2 Å². The molecule has 0 radical (unpaired) electrons. The van der Waals surface area contributed by atoms with Crippen LogP contribution in [0.4, 0.5) is 11.6 Å². The van der Waals surface area contributed by atoms with Gasteiger partial charge < -0.3 is 15.2 Å². The van der Waals surface area contributed by atoms with Crippen molar-refractivity contribution in [2.45, 2.75) is 0 Å². The number of rotatable bonds is 4. The first-order valence-electron chi connectivity index (χ1n) is 5.25. The number of methoxy groups -OCH3 is 1. The van der Waals surface area contributed by atoms with Gasteiger partial charge in [-0.15, -0.1) is 0 Å². The second-order valence-corrected chi connectivity index (χ2v) is 4.28. The molecule has 0 bridgehead atoms. The van der Waals surface area contributed by atoms with Crippen molar-refractivity contribution < 1.29 is 14.6 Å². The Bertz CT molecular complexity index is 666. The van der Waals surface area contributed by atoms with Crippen molar-refractivity contribution in [1.29, 1.82) is 0 Å². The molecule has 9 heteroatoms. The number of carbonyl (C=O) groups is 1. The number of carboxylic acids is 1. The minimum atomic E-state index is -1.11. The van der Waals surface area contributed by atoms with Gasteiger partial charge in [-0.25, -0.2) is 4.79 Å². The number of benzene rings is 1. The molecule has 1 aromatic heterocycles. The minimum absolute atomic E-state index is 0.00322. The lowest BCUT2D eigenvalue weighted by molar-refractivity contribution is 0.0697. The summed E-state index contributed by atoms with van der Waals surface area (Å²) >= 11 is 11.6. The fraction of sp³-hybridized carbons (Fsp3) is 0.0909. The Labute approximate surface area is 123 Å². The van der Waals surface area contributed by atoms with Crippen LogP contribution in [-0.2, 0) is 0 Å². The Morgan fingerprint density at radius 1 is 1.30 bits per heavy atom. The van der Waals surface area contributed by atoms with E-state index < -0.39 is 5.97 Å². The van der Waals surface area contributed by atoms with Gasteiger partial charge >= 0.3 is 12.0 Å². The zero-order valence-electron chi connectivity index (χ0n) is 10.1. The molecule has 20 heavy (non-hydrogen) atoms. The van der Waals surface area contributed by atoms with Crippen molar-refractivity contribution in [3.05, 3.63) is 34.1 Å². The Balaban J connectivity index is 2.28. The van der Waals surface area contributed by atoms with Crippen LogP contribution >= 0.6 is 23.2 Å². The fourth-order valence-electron chi connectivity index (χ4n) is 1.37. The van der Waals surface area contributed by atoms with E-state index in [-0.39, 0.29) is 27.8 Å². The quantitative estimate of drug-likeness (QED) is 0.895. The molecule has 2 aromatic rings. The second kappa shape index (κ2) is 5.89. The van der Waals surface area contributed by atoms with Crippen molar-refractivity contribution in [2.75, 3.05) is 12.4 Å². The van der Waals surface area contributed by atoms with Gasteiger partial charge in [-0.2, -0.15) is 15.0 Å². The van der Waals surface area contributed by atoms with E-state index in [1.807, 2.05) is 0 Å². The van der Waals surface area contributed by atoms with E-state index >= 15 is 0 Å². The van der Waals surface area contributed by atoms with E-state index in [1.165, 1.54) is 25.3 Å². The predicted molar refractivity (Wildman–Crippen MR) is 73.1 cm³/mol. The fourth-order valence-corrected chi connectivity index (χ4v) is 1.79. The first kappa shape index (κ1) is 14.3. The van der Waals surface area contributed by atoms with E-state index in [9.17, 15) is 4.79 Å². The molecule has 0 saturated heterocycles. The van der Waals surface area contributed by atoms with Gasteiger partial charge in [-0.1, -0.05) is 11.6 Å². The summed E-state index contributed by atoms with van der Waals surface area (Å²) in [5.74, 6) is -0.951. The zero-order valence-corrected chi connectivity index (χ0v) is 11.6. The molecule has 0 spiro atoms. The number of aromatic nitrogens is 3. The van der Waals surface area contributed by atoms with Crippen LogP contribution in [-0.4, -0.2) is 33.1 Å². The SMILES string of the molecule is COc1nc(Cl)nc(Nc2ccc(C(=O)O)c(Cl)c2)n1. The monoisotopic (exact) mass is 314 g/mol. The number of aromatic carboxylic acids is 1. The van der Waals surface area contributed by atoms with E-state index in [4.69, 9.17) is 33.0 Å². The summed E-state index contributed by atoms with van der Waals surface area (Å²) in [7, 11) is 1.40.